The van der Waals surface area contributed by atoms with E-state index in [4.69, 9.17) is 5.11 Å². The Morgan fingerprint density at radius 2 is 2.00 bits per heavy atom. The van der Waals surface area contributed by atoms with E-state index in [9.17, 15) is 9.59 Å². The lowest BCUT2D eigenvalue weighted by molar-refractivity contribution is -0.141. The quantitative estimate of drug-likeness (QED) is 0.849. The molecule has 90 valence electrons. The second-order valence-electron chi connectivity index (χ2n) is 4.35. The third-order valence-electron chi connectivity index (χ3n) is 3.05. The standard InChI is InChI=1S/C13H15NO3/c1-9-5-7-10(8-6-9)14-11(13(16)17)3-2-4-12(14)15/h5-8,11H,2-4H2,1H3,(H,16,17). The van der Waals surface area contributed by atoms with Crippen LogP contribution in [0.2, 0.25) is 0 Å². The van der Waals surface area contributed by atoms with Crippen LogP contribution in [0.3, 0.4) is 0 Å². The molecule has 0 radical (unpaired) electrons. The summed E-state index contributed by atoms with van der Waals surface area (Å²) >= 11 is 0. The van der Waals surface area contributed by atoms with E-state index < -0.39 is 12.0 Å². The number of amides is 1. The topological polar surface area (TPSA) is 57.6 Å². The fraction of sp³-hybridized carbons (Fsp3) is 0.385. The number of carboxylic acids is 1. The van der Waals surface area contributed by atoms with E-state index in [0.717, 1.165) is 5.56 Å². The molecule has 2 rings (SSSR count). The van der Waals surface area contributed by atoms with Crippen LogP contribution in [0.1, 0.15) is 24.8 Å². The second-order valence-corrected chi connectivity index (χ2v) is 4.35. The van der Waals surface area contributed by atoms with Crippen LogP contribution in [0.25, 0.3) is 0 Å². The molecule has 4 nitrogen and oxygen atoms in total. The summed E-state index contributed by atoms with van der Waals surface area (Å²) in [6, 6.07) is 6.65. The van der Waals surface area contributed by atoms with Crippen LogP contribution in [-0.4, -0.2) is 23.0 Å². The molecule has 0 aromatic heterocycles. The summed E-state index contributed by atoms with van der Waals surface area (Å²) in [7, 11) is 0. The number of rotatable bonds is 2. The smallest absolute Gasteiger partial charge is 0.326 e. The molecule has 1 aromatic carbocycles. The lowest BCUT2D eigenvalue weighted by Crippen LogP contribution is -2.48. The van der Waals surface area contributed by atoms with Crippen molar-refractivity contribution in [3.05, 3.63) is 29.8 Å². The van der Waals surface area contributed by atoms with Gasteiger partial charge in [0.05, 0.1) is 0 Å². The van der Waals surface area contributed by atoms with Crippen molar-refractivity contribution in [1.29, 1.82) is 0 Å². The van der Waals surface area contributed by atoms with E-state index in [0.29, 0.717) is 24.9 Å². The van der Waals surface area contributed by atoms with E-state index in [-0.39, 0.29) is 5.91 Å². The Morgan fingerprint density at radius 1 is 1.35 bits per heavy atom. The molecule has 0 bridgehead atoms. The zero-order valence-electron chi connectivity index (χ0n) is 9.72. The number of benzene rings is 1. The van der Waals surface area contributed by atoms with Crippen LogP contribution in [-0.2, 0) is 9.59 Å². The van der Waals surface area contributed by atoms with Gasteiger partial charge in [-0.25, -0.2) is 4.79 Å². The maximum absolute atomic E-state index is 11.9. The van der Waals surface area contributed by atoms with Gasteiger partial charge in [0.25, 0.3) is 0 Å². The largest absolute Gasteiger partial charge is 0.480 e. The summed E-state index contributed by atoms with van der Waals surface area (Å²) in [5, 5.41) is 9.15. The fourth-order valence-electron chi connectivity index (χ4n) is 2.13. The normalized spacial score (nSPS) is 20.4. The Kier molecular flexibility index (Phi) is 3.13. The monoisotopic (exact) mass is 233 g/mol. The summed E-state index contributed by atoms with van der Waals surface area (Å²) in [5.74, 6) is -1.04. The number of carboxylic acid groups (broad SMARTS) is 1. The Labute approximate surface area is 99.9 Å². The van der Waals surface area contributed by atoms with E-state index >= 15 is 0 Å². The minimum Gasteiger partial charge on any atom is -0.480 e. The van der Waals surface area contributed by atoms with Gasteiger partial charge in [-0.1, -0.05) is 17.7 Å². The van der Waals surface area contributed by atoms with Crippen molar-refractivity contribution in [2.75, 3.05) is 4.90 Å². The minimum atomic E-state index is -0.932. The molecule has 4 heteroatoms. The zero-order valence-corrected chi connectivity index (χ0v) is 9.72. The van der Waals surface area contributed by atoms with Crippen LogP contribution >= 0.6 is 0 Å². The number of hydrogen-bond donors (Lipinski definition) is 1. The lowest BCUT2D eigenvalue weighted by Gasteiger charge is -2.32. The predicted molar refractivity (Wildman–Crippen MR) is 63.9 cm³/mol. The summed E-state index contributed by atoms with van der Waals surface area (Å²) < 4.78 is 0. The first-order valence-corrected chi connectivity index (χ1v) is 5.71. The average Bonchev–Trinajstić information content (AvgIpc) is 2.30. The molecule has 0 saturated carbocycles. The van der Waals surface area contributed by atoms with Crippen LogP contribution in [0, 0.1) is 6.92 Å². The molecule has 1 aliphatic rings. The van der Waals surface area contributed by atoms with Gasteiger partial charge in [0.15, 0.2) is 0 Å². The fourth-order valence-corrected chi connectivity index (χ4v) is 2.13. The molecule has 17 heavy (non-hydrogen) atoms. The highest BCUT2D eigenvalue weighted by Gasteiger charge is 2.33. The molecule has 1 unspecified atom stereocenters. The number of anilines is 1. The van der Waals surface area contributed by atoms with E-state index in [1.165, 1.54) is 4.90 Å². The van der Waals surface area contributed by atoms with Crippen molar-refractivity contribution >= 4 is 17.6 Å². The summed E-state index contributed by atoms with van der Waals surface area (Å²) in [5.41, 5.74) is 1.76. The Morgan fingerprint density at radius 3 is 2.59 bits per heavy atom. The third kappa shape index (κ3) is 2.30. The number of piperidine rings is 1. The summed E-state index contributed by atoms with van der Waals surface area (Å²) in [4.78, 5) is 24.4. The van der Waals surface area contributed by atoms with Crippen LogP contribution in [0.4, 0.5) is 5.69 Å². The van der Waals surface area contributed by atoms with Crippen LogP contribution in [0.15, 0.2) is 24.3 Å². The molecule has 0 aliphatic carbocycles. The highest BCUT2D eigenvalue weighted by atomic mass is 16.4. The minimum absolute atomic E-state index is 0.104. The van der Waals surface area contributed by atoms with Crippen molar-refractivity contribution in [3.63, 3.8) is 0 Å². The Bertz CT molecular complexity index is 438. The highest BCUT2D eigenvalue weighted by Crippen LogP contribution is 2.26. The number of carbonyl (C=O) groups is 2. The van der Waals surface area contributed by atoms with Crippen molar-refractivity contribution in [1.82, 2.24) is 0 Å². The molecule has 0 spiro atoms. The van der Waals surface area contributed by atoms with Gasteiger partial charge in [-0.15, -0.1) is 0 Å². The van der Waals surface area contributed by atoms with Gasteiger partial charge in [0.1, 0.15) is 6.04 Å². The number of aliphatic carboxylic acids is 1. The molecule has 1 heterocycles. The molecule has 1 atom stereocenters. The van der Waals surface area contributed by atoms with E-state index in [2.05, 4.69) is 0 Å². The molecular formula is C13H15NO3. The lowest BCUT2D eigenvalue weighted by atomic mass is 10.0. The third-order valence-corrected chi connectivity index (χ3v) is 3.05. The number of aryl methyl sites for hydroxylation is 1. The number of nitrogens with zero attached hydrogens (tertiary/aromatic N) is 1. The zero-order chi connectivity index (χ0) is 12.4. The molecule has 1 aromatic rings. The first-order chi connectivity index (χ1) is 8.09. The number of hydrogen-bond acceptors (Lipinski definition) is 2. The molecule has 1 N–H and O–H groups in total. The van der Waals surface area contributed by atoms with Gasteiger partial charge in [-0.2, -0.15) is 0 Å². The summed E-state index contributed by atoms with van der Waals surface area (Å²) in [6.07, 6.45) is 1.60. The van der Waals surface area contributed by atoms with Gasteiger partial charge >= 0.3 is 5.97 Å². The van der Waals surface area contributed by atoms with Crippen molar-refractivity contribution in [2.24, 2.45) is 0 Å². The van der Waals surface area contributed by atoms with Crippen LogP contribution < -0.4 is 4.90 Å². The maximum Gasteiger partial charge on any atom is 0.326 e. The molecule has 1 saturated heterocycles. The molecule has 1 aliphatic heterocycles. The van der Waals surface area contributed by atoms with E-state index in [1.54, 1.807) is 12.1 Å². The Balaban J connectivity index is 2.34. The van der Waals surface area contributed by atoms with Gasteiger partial charge < -0.3 is 5.11 Å². The first-order valence-electron chi connectivity index (χ1n) is 5.71. The van der Waals surface area contributed by atoms with Crippen molar-refractivity contribution in [3.8, 4) is 0 Å². The van der Waals surface area contributed by atoms with E-state index in [1.807, 2.05) is 19.1 Å². The van der Waals surface area contributed by atoms with Gasteiger partial charge in [-0.05, 0) is 31.9 Å². The number of carbonyl (C=O) groups excluding carboxylic acids is 1. The van der Waals surface area contributed by atoms with Gasteiger partial charge in [0, 0.05) is 12.1 Å². The SMILES string of the molecule is Cc1ccc(N2C(=O)CCCC2C(=O)O)cc1. The maximum atomic E-state index is 11.9. The van der Waals surface area contributed by atoms with Gasteiger partial charge in [-0.3, -0.25) is 9.69 Å². The van der Waals surface area contributed by atoms with Crippen molar-refractivity contribution in [2.45, 2.75) is 32.2 Å². The first kappa shape index (κ1) is 11.6. The average molecular weight is 233 g/mol. The van der Waals surface area contributed by atoms with Crippen LogP contribution in [0.5, 0.6) is 0 Å². The summed E-state index contributed by atoms with van der Waals surface area (Å²) in [6.45, 7) is 1.95. The molecule has 1 amide bonds. The van der Waals surface area contributed by atoms with Crippen molar-refractivity contribution < 1.29 is 14.7 Å². The second kappa shape index (κ2) is 4.57. The predicted octanol–water partition coefficient (Wildman–Crippen LogP) is 1.97. The Hall–Kier alpha value is -1.84. The van der Waals surface area contributed by atoms with Gasteiger partial charge in [0.2, 0.25) is 5.91 Å². The molecule has 1 fully saturated rings. The highest BCUT2D eigenvalue weighted by molar-refractivity contribution is 6.00. The molecular weight excluding hydrogens is 218 g/mol.